The number of fused-ring (bicyclic) bond motifs is 1. The average molecular weight is 249 g/mol. The highest BCUT2D eigenvalue weighted by atomic mass is 19.1. The number of carboxylic acids is 1. The van der Waals surface area contributed by atoms with E-state index in [4.69, 9.17) is 0 Å². The van der Waals surface area contributed by atoms with Crippen LogP contribution in [0, 0.1) is 0 Å². The standard InChI is InChI=1S/C14H16FNO2/c15-9-5-1-2-8-12-13(14(17)18)10-6-3-4-7-11(10)16-12/h3-4,6-7,16H,1-2,5,8-9H2,(H,17,18). The molecule has 0 aliphatic heterocycles. The molecule has 18 heavy (non-hydrogen) atoms. The summed E-state index contributed by atoms with van der Waals surface area (Å²) in [6.07, 6.45) is 2.78. The average Bonchev–Trinajstić information content (AvgIpc) is 2.73. The molecule has 0 aliphatic carbocycles. The maximum atomic E-state index is 12.0. The number of nitrogens with one attached hydrogen (secondary N) is 1. The van der Waals surface area contributed by atoms with Crippen molar-refractivity contribution in [3.8, 4) is 0 Å². The third-order valence-electron chi connectivity index (χ3n) is 3.06. The number of aromatic amines is 1. The van der Waals surface area contributed by atoms with Crippen LogP contribution in [0.5, 0.6) is 0 Å². The SMILES string of the molecule is O=C(O)c1c(CCCCCF)[nH]c2ccccc12. The van der Waals surface area contributed by atoms with Crippen molar-refractivity contribution in [2.24, 2.45) is 0 Å². The molecule has 3 nitrogen and oxygen atoms in total. The highest BCUT2D eigenvalue weighted by Crippen LogP contribution is 2.23. The number of aromatic nitrogens is 1. The van der Waals surface area contributed by atoms with Gasteiger partial charge in [-0.15, -0.1) is 0 Å². The van der Waals surface area contributed by atoms with Crippen molar-refractivity contribution in [1.82, 2.24) is 4.98 Å². The van der Waals surface area contributed by atoms with Gasteiger partial charge in [-0.1, -0.05) is 24.6 Å². The molecule has 0 saturated carbocycles. The number of H-pyrrole nitrogens is 1. The van der Waals surface area contributed by atoms with Gasteiger partial charge in [0.25, 0.3) is 0 Å². The molecule has 0 radical (unpaired) electrons. The second-order valence-corrected chi connectivity index (χ2v) is 4.33. The van der Waals surface area contributed by atoms with Crippen LogP contribution in [0.1, 0.15) is 35.3 Å². The van der Waals surface area contributed by atoms with Crippen LogP contribution in [-0.2, 0) is 6.42 Å². The quantitative estimate of drug-likeness (QED) is 0.769. The van der Waals surface area contributed by atoms with Crippen LogP contribution in [0.4, 0.5) is 4.39 Å². The number of carboxylic acid groups (broad SMARTS) is 1. The summed E-state index contributed by atoms with van der Waals surface area (Å²) in [5.41, 5.74) is 1.93. The molecule has 0 saturated heterocycles. The van der Waals surface area contributed by atoms with Gasteiger partial charge in [0, 0.05) is 16.6 Å². The van der Waals surface area contributed by atoms with Gasteiger partial charge in [-0.2, -0.15) is 0 Å². The van der Waals surface area contributed by atoms with Crippen molar-refractivity contribution in [2.45, 2.75) is 25.7 Å². The number of aryl methyl sites for hydroxylation is 1. The number of unbranched alkanes of at least 4 members (excludes halogenated alkanes) is 2. The predicted molar refractivity (Wildman–Crippen MR) is 68.8 cm³/mol. The van der Waals surface area contributed by atoms with E-state index in [0.717, 1.165) is 29.4 Å². The van der Waals surface area contributed by atoms with E-state index in [0.29, 0.717) is 18.4 Å². The highest BCUT2D eigenvalue weighted by Gasteiger charge is 2.16. The van der Waals surface area contributed by atoms with Crippen LogP contribution >= 0.6 is 0 Å². The fraction of sp³-hybridized carbons (Fsp3) is 0.357. The molecule has 2 N–H and O–H groups in total. The largest absolute Gasteiger partial charge is 0.478 e. The first kappa shape index (κ1) is 12.6. The minimum absolute atomic E-state index is 0.307. The van der Waals surface area contributed by atoms with Crippen LogP contribution in [0.25, 0.3) is 10.9 Å². The number of aromatic carboxylic acids is 1. The van der Waals surface area contributed by atoms with Crippen molar-refractivity contribution in [1.29, 1.82) is 0 Å². The summed E-state index contributed by atoms with van der Waals surface area (Å²) in [4.78, 5) is 14.5. The van der Waals surface area contributed by atoms with Crippen LogP contribution < -0.4 is 0 Å². The first-order valence-electron chi connectivity index (χ1n) is 6.13. The van der Waals surface area contributed by atoms with Crippen LogP contribution in [0.2, 0.25) is 0 Å². The normalized spacial score (nSPS) is 10.9. The molecular weight excluding hydrogens is 233 g/mol. The highest BCUT2D eigenvalue weighted by molar-refractivity contribution is 6.04. The molecule has 2 rings (SSSR count). The Morgan fingerprint density at radius 1 is 1.22 bits per heavy atom. The van der Waals surface area contributed by atoms with Crippen molar-refractivity contribution in [3.05, 3.63) is 35.5 Å². The van der Waals surface area contributed by atoms with E-state index in [1.54, 1.807) is 6.07 Å². The molecule has 0 atom stereocenters. The molecular formula is C14H16FNO2. The van der Waals surface area contributed by atoms with Gasteiger partial charge in [-0.25, -0.2) is 4.79 Å². The van der Waals surface area contributed by atoms with E-state index in [9.17, 15) is 14.3 Å². The molecule has 0 aliphatic rings. The molecule has 1 aromatic carbocycles. The maximum absolute atomic E-state index is 12.0. The Balaban J connectivity index is 2.25. The number of carbonyl (C=O) groups is 1. The monoisotopic (exact) mass is 249 g/mol. The molecule has 2 aromatic rings. The van der Waals surface area contributed by atoms with E-state index in [1.807, 2.05) is 18.2 Å². The van der Waals surface area contributed by atoms with E-state index in [1.165, 1.54) is 0 Å². The summed E-state index contributed by atoms with van der Waals surface area (Å²) in [7, 11) is 0. The van der Waals surface area contributed by atoms with E-state index in [-0.39, 0.29) is 6.67 Å². The predicted octanol–water partition coefficient (Wildman–Crippen LogP) is 3.55. The van der Waals surface area contributed by atoms with Gasteiger partial charge in [0.2, 0.25) is 0 Å². The van der Waals surface area contributed by atoms with Gasteiger partial charge >= 0.3 is 5.97 Å². The summed E-state index contributed by atoms with van der Waals surface area (Å²) >= 11 is 0. The van der Waals surface area contributed by atoms with Crippen LogP contribution in [0.15, 0.2) is 24.3 Å². The van der Waals surface area contributed by atoms with Gasteiger partial charge < -0.3 is 10.1 Å². The fourth-order valence-electron chi connectivity index (χ4n) is 2.20. The Bertz CT molecular complexity index is 548. The summed E-state index contributed by atoms with van der Waals surface area (Å²) in [5, 5.41) is 10.0. The lowest BCUT2D eigenvalue weighted by Crippen LogP contribution is -2.00. The lowest BCUT2D eigenvalue weighted by atomic mass is 10.1. The zero-order chi connectivity index (χ0) is 13.0. The van der Waals surface area contributed by atoms with Gasteiger partial charge in [0.1, 0.15) is 0 Å². The lowest BCUT2D eigenvalue weighted by molar-refractivity contribution is 0.0698. The molecule has 1 heterocycles. The Morgan fingerprint density at radius 2 is 2.00 bits per heavy atom. The smallest absolute Gasteiger partial charge is 0.338 e. The number of benzene rings is 1. The molecule has 96 valence electrons. The molecule has 0 bridgehead atoms. The molecule has 4 heteroatoms. The van der Waals surface area contributed by atoms with E-state index >= 15 is 0 Å². The third-order valence-corrected chi connectivity index (χ3v) is 3.06. The summed E-state index contributed by atoms with van der Waals surface area (Å²) < 4.78 is 12.0. The molecule has 1 aromatic heterocycles. The topological polar surface area (TPSA) is 53.1 Å². The Hall–Kier alpha value is -1.84. The summed E-state index contributed by atoms with van der Waals surface area (Å²) in [6.45, 7) is -0.307. The number of rotatable bonds is 6. The van der Waals surface area contributed by atoms with Crippen LogP contribution in [0.3, 0.4) is 0 Å². The van der Waals surface area contributed by atoms with Gasteiger partial charge in [-0.3, -0.25) is 4.39 Å². The van der Waals surface area contributed by atoms with Gasteiger partial charge in [0.15, 0.2) is 0 Å². The van der Waals surface area contributed by atoms with Crippen LogP contribution in [-0.4, -0.2) is 22.7 Å². The first-order valence-corrected chi connectivity index (χ1v) is 6.13. The summed E-state index contributed by atoms with van der Waals surface area (Å²) in [6, 6.07) is 7.38. The molecule has 0 fully saturated rings. The summed E-state index contributed by atoms with van der Waals surface area (Å²) in [5.74, 6) is -0.909. The molecule has 0 unspecified atom stereocenters. The number of alkyl halides is 1. The Kier molecular flexibility index (Phi) is 3.97. The first-order chi connectivity index (χ1) is 8.74. The van der Waals surface area contributed by atoms with Crippen molar-refractivity contribution in [3.63, 3.8) is 0 Å². The number of hydrogen-bond donors (Lipinski definition) is 2. The van der Waals surface area contributed by atoms with Crippen molar-refractivity contribution < 1.29 is 14.3 Å². The minimum Gasteiger partial charge on any atom is -0.478 e. The third kappa shape index (κ3) is 2.53. The Labute approximate surface area is 105 Å². The zero-order valence-corrected chi connectivity index (χ0v) is 10.1. The van der Waals surface area contributed by atoms with Gasteiger partial charge in [0.05, 0.1) is 12.2 Å². The van der Waals surface area contributed by atoms with Crippen molar-refractivity contribution >= 4 is 16.9 Å². The fourth-order valence-corrected chi connectivity index (χ4v) is 2.20. The number of hydrogen-bond acceptors (Lipinski definition) is 1. The molecule has 0 spiro atoms. The second-order valence-electron chi connectivity index (χ2n) is 4.33. The van der Waals surface area contributed by atoms with Gasteiger partial charge in [-0.05, 0) is 25.3 Å². The number of para-hydroxylation sites is 1. The minimum atomic E-state index is -0.909. The molecule has 0 amide bonds. The Morgan fingerprint density at radius 3 is 2.72 bits per heavy atom. The second kappa shape index (κ2) is 5.67. The zero-order valence-electron chi connectivity index (χ0n) is 10.1. The lowest BCUT2D eigenvalue weighted by Gasteiger charge is -2.00. The van der Waals surface area contributed by atoms with Crippen molar-refractivity contribution in [2.75, 3.05) is 6.67 Å². The maximum Gasteiger partial charge on any atom is 0.338 e. The van der Waals surface area contributed by atoms with E-state index < -0.39 is 5.97 Å². The van der Waals surface area contributed by atoms with E-state index in [2.05, 4.69) is 4.98 Å². The number of halogens is 1.